The van der Waals surface area contributed by atoms with Gasteiger partial charge in [-0.05, 0) is 117 Å². The van der Waals surface area contributed by atoms with Crippen molar-refractivity contribution < 1.29 is 4.42 Å². The summed E-state index contributed by atoms with van der Waals surface area (Å²) in [6.07, 6.45) is 0. The summed E-state index contributed by atoms with van der Waals surface area (Å²) in [6, 6.07) is 58.4. The van der Waals surface area contributed by atoms with Gasteiger partial charge in [-0.1, -0.05) is 133 Å². The third kappa shape index (κ3) is 3.34. The Morgan fingerprint density at radius 1 is 0.286 bits per heavy atom. The van der Waals surface area contributed by atoms with Gasteiger partial charge in [0.15, 0.2) is 0 Å². The highest BCUT2D eigenvalue weighted by atomic mass is 16.3. The van der Waals surface area contributed by atoms with E-state index in [9.17, 15) is 0 Å². The maximum absolute atomic E-state index is 6.96. The second-order valence-electron chi connectivity index (χ2n) is 13.6. The number of furan rings is 1. The lowest BCUT2D eigenvalue weighted by atomic mass is 9.85. The molecule has 0 saturated carbocycles. The van der Waals surface area contributed by atoms with Gasteiger partial charge in [0, 0.05) is 16.2 Å². The van der Waals surface area contributed by atoms with Gasteiger partial charge >= 0.3 is 0 Å². The van der Waals surface area contributed by atoms with E-state index >= 15 is 0 Å². The minimum absolute atomic E-state index is 0.912. The average molecular weight is 619 g/mol. The molecule has 11 aromatic carbocycles. The van der Waals surface area contributed by atoms with Crippen molar-refractivity contribution in [2.45, 2.75) is 0 Å². The summed E-state index contributed by atoms with van der Waals surface area (Å²) in [4.78, 5) is 0. The van der Waals surface area contributed by atoms with Gasteiger partial charge < -0.3 is 4.42 Å². The molecular weight excluding hydrogens is 593 g/mol. The summed E-state index contributed by atoms with van der Waals surface area (Å²) in [5.41, 5.74) is 6.67. The molecule has 0 fully saturated rings. The minimum Gasteiger partial charge on any atom is -0.455 e. The van der Waals surface area contributed by atoms with E-state index in [-0.39, 0.29) is 0 Å². The summed E-state index contributed by atoms with van der Waals surface area (Å²) < 4.78 is 6.96. The fourth-order valence-electron chi connectivity index (χ4n) is 8.97. The third-order valence-corrected chi connectivity index (χ3v) is 11.1. The number of rotatable bonds is 2. The summed E-state index contributed by atoms with van der Waals surface area (Å²) in [6.45, 7) is 0. The van der Waals surface area contributed by atoms with Crippen LogP contribution in [0.25, 0.3) is 120 Å². The zero-order chi connectivity index (χ0) is 31.8. The van der Waals surface area contributed by atoms with Crippen LogP contribution < -0.4 is 0 Å². The van der Waals surface area contributed by atoms with Gasteiger partial charge in [0.25, 0.3) is 0 Å². The van der Waals surface area contributed by atoms with Gasteiger partial charge in [-0.15, -0.1) is 0 Å². The fraction of sp³-hybridized carbons (Fsp3) is 0. The lowest BCUT2D eigenvalue weighted by Gasteiger charge is -2.17. The smallest absolute Gasteiger partial charge is 0.143 e. The highest BCUT2D eigenvalue weighted by Crippen LogP contribution is 2.48. The van der Waals surface area contributed by atoms with Gasteiger partial charge in [-0.25, -0.2) is 0 Å². The Hall–Kier alpha value is -6.44. The van der Waals surface area contributed by atoms with Crippen molar-refractivity contribution in [1.29, 1.82) is 0 Å². The van der Waals surface area contributed by atoms with Crippen LogP contribution >= 0.6 is 0 Å². The Bertz CT molecular complexity index is 3310. The molecule has 0 saturated heterocycles. The summed E-state index contributed by atoms with van der Waals surface area (Å²) in [7, 11) is 0. The lowest BCUT2D eigenvalue weighted by molar-refractivity contribution is 0.673. The predicted molar refractivity (Wildman–Crippen MR) is 210 cm³/mol. The zero-order valence-corrected chi connectivity index (χ0v) is 26.4. The molecule has 0 unspecified atom stereocenters. The molecule has 224 valence electrons. The maximum atomic E-state index is 6.96. The molecule has 49 heavy (non-hydrogen) atoms. The largest absolute Gasteiger partial charge is 0.455 e. The first-order valence-electron chi connectivity index (χ1n) is 17.0. The lowest BCUT2D eigenvalue weighted by Crippen LogP contribution is -1.91. The van der Waals surface area contributed by atoms with E-state index in [0.717, 1.165) is 32.9 Å². The molecule has 1 aromatic heterocycles. The molecule has 0 aliphatic carbocycles. The molecule has 0 radical (unpaired) electrons. The van der Waals surface area contributed by atoms with Gasteiger partial charge in [-0.3, -0.25) is 0 Å². The van der Waals surface area contributed by atoms with Crippen LogP contribution in [-0.2, 0) is 0 Å². The quantitative estimate of drug-likeness (QED) is 0.176. The van der Waals surface area contributed by atoms with Crippen LogP contribution in [0, 0.1) is 0 Å². The van der Waals surface area contributed by atoms with Crippen molar-refractivity contribution in [3.05, 3.63) is 158 Å². The van der Waals surface area contributed by atoms with E-state index in [2.05, 4.69) is 158 Å². The number of hydrogen-bond acceptors (Lipinski definition) is 1. The summed E-state index contributed by atoms with van der Waals surface area (Å²) in [5.74, 6) is 0. The molecule has 1 heterocycles. The SMILES string of the molecule is c1ccc2c(c1)ccc1c2oc2cc(-c3ccc4ccc5cccc6ccc3c4c56)cc(-c3cc4cccc5ccc6cccc3c6c54)c21. The highest BCUT2D eigenvalue weighted by Gasteiger charge is 2.21. The maximum Gasteiger partial charge on any atom is 0.143 e. The molecule has 1 nitrogen and oxygen atoms in total. The zero-order valence-electron chi connectivity index (χ0n) is 26.4. The Morgan fingerprint density at radius 3 is 1.61 bits per heavy atom. The van der Waals surface area contributed by atoms with E-state index in [4.69, 9.17) is 4.42 Å². The van der Waals surface area contributed by atoms with Crippen molar-refractivity contribution in [2.24, 2.45) is 0 Å². The Balaban J connectivity index is 1.26. The minimum atomic E-state index is 0.912. The van der Waals surface area contributed by atoms with Crippen LogP contribution in [0.3, 0.4) is 0 Å². The molecule has 12 aromatic rings. The van der Waals surface area contributed by atoms with Crippen LogP contribution in [0.4, 0.5) is 0 Å². The summed E-state index contributed by atoms with van der Waals surface area (Å²) in [5, 5.41) is 20.1. The molecule has 0 bridgehead atoms. The molecule has 12 rings (SSSR count). The van der Waals surface area contributed by atoms with Crippen LogP contribution in [0.15, 0.2) is 162 Å². The van der Waals surface area contributed by atoms with E-state index < -0.39 is 0 Å². The number of hydrogen-bond donors (Lipinski definition) is 0. The first-order valence-corrected chi connectivity index (χ1v) is 17.0. The Kier molecular flexibility index (Phi) is 4.77. The Labute approximate surface area is 280 Å². The molecule has 0 N–H and O–H groups in total. The molecule has 0 atom stereocenters. The fourth-order valence-corrected chi connectivity index (χ4v) is 8.97. The van der Waals surface area contributed by atoms with E-state index in [0.29, 0.717) is 0 Å². The van der Waals surface area contributed by atoms with Crippen molar-refractivity contribution in [2.75, 3.05) is 0 Å². The van der Waals surface area contributed by atoms with Crippen LogP contribution in [0.2, 0.25) is 0 Å². The number of fused-ring (bicyclic) bond motifs is 5. The van der Waals surface area contributed by atoms with Crippen LogP contribution in [0.1, 0.15) is 0 Å². The first-order chi connectivity index (χ1) is 24.3. The summed E-state index contributed by atoms with van der Waals surface area (Å²) >= 11 is 0. The number of benzene rings is 11. The second-order valence-corrected chi connectivity index (χ2v) is 13.6. The second kappa shape index (κ2) is 9.13. The van der Waals surface area contributed by atoms with Crippen molar-refractivity contribution >= 4 is 97.3 Å². The molecule has 0 spiro atoms. The Morgan fingerprint density at radius 2 is 0.816 bits per heavy atom. The average Bonchev–Trinajstić information content (AvgIpc) is 3.55. The first kappa shape index (κ1) is 25.6. The third-order valence-electron chi connectivity index (χ3n) is 11.1. The van der Waals surface area contributed by atoms with Gasteiger partial charge in [-0.2, -0.15) is 0 Å². The molecular formula is C48H26O. The van der Waals surface area contributed by atoms with Crippen molar-refractivity contribution in [1.82, 2.24) is 0 Å². The van der Waals surface area contributed by atoms with E-state index in [1.165, 1.54) is 86.7 Å². The van der Waals surface area contributed by atoms with Crippen LogP contribution in [-0.4, -0.2) is 0 Å². The van der Waals surface area contributed by atoms with E-state index in [1.54, 1.807) is 0 Å². The molecule has 1 heteroatoms. The molecule has 0 aliphatic rings. The highest BCUT2D eigenvalue weighted by molar-refractivity contribution is 6.30. The van der Waals surface area contributed by atoms with Gasteiger partial charge in [0.2, 0.25) is 0 Å². The normalized spacial score (nSPS) is 12.5. The van der Waals surface area contributed by atoms with Gasteiger partial charge in [0.05, 0.1) is 0 Å². The van der Waals surface area contributed by atoms with Crippen LogP contribution in [0.5, 0.6) is 0 Å². The molecule has 0 aliphatic heterocycles. The van der Waals surface area contributed by atoms with Crippen molar-refractivity contribution in [3.63, 3.8) is 0 Å². The van der Waals surface area contributed by atoms with E-state index in [1.807, 2.05) is 0 Å². The predicted octanol–water partition coefficient (Wildman–Crippen LogP) is 13.9. The molecule has 0 amide bonds. The van der Waals surface area contributed by atoms with Gasteiger partial charge in [0.1, 0.15) is 11.2 Å². The standard InChI is InChI=1S/C48H26O/c1-2-12-36-27(6-1)18-23-39-47-41(40-24-33-11-4-9-29-14-16-31-10-5-13-37(40)45(31)44(29)33)25-34(26-42(47)49-48(36)39)35-21-19-32-17-15-28-7-3-8-30-20-22-38(35)46(32)43(28)30/h1-26H. The monoisotopic (exact) mass is 618 g/mol. The van der Waals surface area contributed by atoms with Crippen molar-refractivity contribution in [3.8, 4) is 22.3 Å². The topological polar surface area (TPSA) is 13.1 Å².